The van der Waals surface area contributed by atoms with E-state index in [1.165, 1.54) is 11.1 Å². The smallest absolute Gasteiger partial charge is 0.407 e. The minimum atomic E-state index is -0.459. The fraction of sp³-hybridized carbons (Fsp3) is 0.611. The van der Waals surface area contributed by atoms with Crippen LogP contribution in [0.4, 0.5) is 4.79 Å². The number of carbonyl (C=O) groups excluding carboxylic acids is 1. The lowest BCUT2D eigenvalue weighted by Gasteiger charge is -2.26. The third-order valence-corrected chi connectivity index (χ3v) is 4.26. The molecule has 5 nitrogen and oxygen atoms in total. The molecule has 0 saturated heterocycles. The van der Waals surface area contributed by atoms with Crippen LogP contribution < -0.4 is 14.8 Å². The normalized spacial score (nSPS) is 19.2. The van der Waals surface area contributed by atoms with Gasteiger partial charge in [-0.3, -0.25) is 0 Å². The zero-order chi connectivity index (χ0) is 16.4. The highest BCUT2D eigenvalue weighted by Gasteiger charge is 2.27. The second kappa shape index (κ2) is 6.30. The maximum absolute atomic E-state index is 11.7. The molecule has 126 valence electrons. The molecule has 0 aromatic heterocycles. The molecule has 23 heavy (non-hydrogen) atoms. The summed E-state index contributed by atoms with van der Waals surface area (Å²) in [6.07, 6.45) is 3.88. The van der Waals surface area contributed by atoms with Crippen molar-refractivity contribution in [3.05, 3.63) is 23.3 Å². The van der Waals surface area contributed by atoms with E-state index in [1.54, 1.807) is 0 Å². The van der Waals surface area contributed by atoms with Gasteiger partial charge in [0.15, 0.2) is 11.5 Å². The van der Waals surface area contributed by atoms with Crippen molar-refractivity contribution in [1.29, 1.82) is 0 Å². The highest BCUT2D eigenvalue weighted by Crippen LogP contribution is 2.44. The number of fused-ring (bicyclic) bond motifs is 3. The summed E-state index contributed by atoms with van der Waals surface area (Å²) in [5.74, 6) is 2.23. The third kappa shape index (κ3) is 3.71. The van der Waals surface area contributed by atoms with E-state index in [-0.39, 0.29) is 6.09 Å². The molecule has 1 aliphatic carbocycles. The molecule has 1 heterocycles. The Morgan fingerprint density at radius 2 is 2.17 bits per heavy atom. The Morgan fingerprint density at radius 3 is 2.96 bits per heavy atom. The molecule has 0 fully saturated rings. The van der Waals surface area contributed by atoms with Crippen molar-refractivity contribution in [2.24, 2.45) is 0 Å². The monoisotopic (exact) mass is 319 g/mol. The van der Waals surface area contributed by atoms with Gasteiger partial charge >= 0.3 is 6.09 Å². The van der Waals surface area contributed by atoms with Gasteiger partial charge in [-0.2, -0.15) is 0 Å². The van der Waals surface area contributed by atoms with E-state index in [9.17, 15) is 4.79 Å². The molecule has 1 N–H and O–H groups in total. The summed E-state index contributed by atoms with van der Waals surface area (Å²) < 4.78 is 16.4. The highest BCUT2D eigenvalue weighted by molar-refractivity contribution is 5.67. The van der Waals surface area contributed by atoms with Crippen molar-refractivity contribution in [1.82, 2.24) is 5.32 Å². The molecule has 1 atom stereocenters. The van der Waals surface area contributed by atoms with E-state index in [0.29, 0.717) is 19.3 Å². The highest BCUT2D eigenvalue weighted by atomic mass is 16.7. The van der Waals surface area contributed by atoms with Crippen LogP contribution >= 0.6 is 0 Å². The van der Waals surface area contributed by atoms with Gasteiger partial charge in [0.25, 0.3) is 0 Å². The fourth-order valence-electron chi connectivity index (χ4n) is 3.33. The van der Waals surface area contributed by atoms with Gasteiger partial charge in [0, 0.05) is 12.1 Å². The van der Waals surface area contributed by atoms with Crippen molar-refractivity contribution < 1.29 is 19.0 Å². The predicted octanol–water partition coefficient (Wildman–Crippen LogP) is 3.75. The maximum Gasteiger partial charge on any atom is 0.407 e. The number of hydrogen-bond acceptors (Lipinski definition) is 4. The summed E-state index contributed by atoms with van der Waals surface area (Å²) in [7, 11) is 0. The number of ether oxygens (including phenoxy) is 3. The number of carbonyl (C=O) groups is 1. The average Bonchev–Trinajstić information content (AvgIpc) is 2.94. The van der Waals surface area contributed by atoms with Crippen LogP contribution in [0.5, 0.6) is 11.5 Å². The molecule has 3 rings (SSSR count). The van der Waals surface area contributed by atoms with Gasteiger partial charge in [0.2, 0.25) is 6.79 Å². The zero-order valence-corrected chi connectivity index (χ0v) is 14.1. The van der Waals surface area contributed by atoms with Gasteiger partial charge in [-0.25, -0.2) is 4.79 Å². The molecule has 0 bridgehead atoms. The summed E-state index contributed by atoms with van der Waals surface area (Å²) in [6, 6.07) is 4.15. The molecule has 0 saturated carbocycles. The quantitative estimate of drug-likeness (QED) is 0.922. The molecule has 1 aromatic rings. The standard InChI is InChI=1S/C18H25NO4/c1-18(2,3)23-17(20)19-10-9-12-5-4-6-14-13(12)7-8-15-16(14)22-11-21-15/h7-8,12H,4-6,9-11H2,1-3H3,(H,19,20). The first-order valence-electron chi connectivity index (χ1n) is 8.32. The van der Waals surface area contributed by atoms with E-state index in [4.69, 9.17) is 14.2 Å². The average molecular weight is 319 g/mol. The fourth-order valence-corrected chi connectivity index (χ4v) is 3.33. The summed E-state index contributed by atoms with van der Waals surface area (Å²) in [5, 5.41) is 2.85. The Balaban J connectivity index is 1.60. The first kappa shape index (κ1) is 16.0. The topological polar surface area (TPSA) is 56.8 Å². The number of rotatable bonds is 3. The largest absolute Gasteiger partial charge is 0.454 e. The van der Waals surface area contributed by atoms with Crippen LogP contribution in [-0.4, -0.2) is 25.0 Å². The zero-order valence-electron chi connectivity index (χ0n) is 14.1. The minimum absolute atomic E-state index is 0.316. The summed E-state index contributed by atoms with van der Waals surface area (Å²) >= 11 is 0. The molecular weight excluding hydrogens is 294 g/mol. The van der Waals surface area contributed by atoms with Gasteiger partial charge in [-0.1, -0.05) is 6.07 Å². The van der Waals surface area contributed by atoms with Crippen molar-refractivity contribution in [3.63, 3.8) is 0 Å². The second-order valence-electron chi connectivity index (χ2n) is 7.17. The molecule has 1 aromatic carbocycles. The van der Waals surface area contributed by atoms with Crippen LogP contribution in [0.25, 0.3) is 0 Å². The minimum Gasteiger partial charge on any atom is -0.454 e. The van der Waals surface area contributed by atoms with Gasteiger partial charge < -0.3 is 19.5 Å². The van der Waals surface area contributed by atoms with Crippen molar-refractivity contribution in [2.75, 3.05) is 13.3 Å². The van der Waals surface area contributed by atoms with Crippen molar-refractivity contribution in [2.45, 2.75) is 58.0 Å². The summed E-state index contributed by atoms with van der Waals surface area (Å²) in [4.78, 5) is 11.7. The van der Waals surface area contributed by atoms with E-state index in [0.717, 1.165) is 37.2 Å². The first-order valence-corrected chi connectivity index (χ1v) is 8.32. The summed E-state index contributed by atoms with van der Waals surface area (Å²) in [6.45, 7) is 6.54. The molecule has 5 heteroatoms. The number of alkyl carbamates (subject to hydrolysis) is 1. The van der Waals surface area contributed by atoms with Gasteiger partial charge in [0.05, 0.1) is 0 Å². The van der Waals surface area contributed by atoms with Crippen molar-refractivity contribution in [3.8, 4) is 11.5 Å². The van der Waals surface area contributed by atoms with Crippen LogP contribution in [-0.2, 0) is 11.2 Å². The Morgan fingerprint density at radius 1 is 1.35 bits per heavy atom. The van der Waals surface area contributed by atoms with Crippen LogP contribution in [0.2, 0.25) is 0 Å². The Hall–Kier alpha value is -1.91. The lowest BCUT2D eigenvalue weighted by molar-refractivity contribution is 0.0526. The molecule has 2 aliphatic rings. The lowest BCUT2D eigenvalue weighted by atomic mass is 9.80. The van der Waals surface area contributed by atoms with E-state index < -0.39 is 5.60 Å². The molecular formula is C18H25NO4. The van der Waals surface area contributed by atoms with E-state index in [1.807, 2.05) is 26.8 Å². The van der Waals surface area contributed by atoms with Crippen molar-refractivity contribution >= 4 is 6.09 Å². The van der Waals surface area contributed by atoms with E-state index >= 15 is 0 Å². The third-order valence-electron chi connectivity index (χ3n) is 4.26. The number of benzene rings is 1. The van der Waals surface area contributed by atoms with Crippen LogP contribution in [0, 0.1) is 0 Å². The number of nitrogens with one attached hydrogen (secondary N) is 1. The van der Waals surface area contributed by atoms with Gasteiger partial charge in [0.1, 0.15) is 5.60 Å². The van der Waals surface area contributed by atoms with Gasteiger partial charge in [-0.15, -0.1) is 0 Å². The summed E-state index contributed by atoms with van der Waals surface area (Å²) in [5.41, 5.74) is 2.17. The molecule has 0 spiro atoms. The van der Waals surface area contributed by atoms with Crippen LogP contribution in [0.3, 0.4) is 0 Å². The maximum atomic E-state index is 11.7. The molecule has 1 amide bonds. The molecule has 1 aliphatic heterocycles. The van der Waals surface area contributed by atoms with Crippen LogP contribution in [0.1, 0.15) is 57.1 Å². The van der Waals surface area contributed by atoms with Crippen LogP contribution in [0.15, 0.2) is 12.1 Å². The Labute approximate surface area is 137 Å². The lowest BCUT2D eigenvalue weighted by Crippen LogP contribution is -2.33. The van der Waals surface area contributed by atoms with Gasteiger partial charge in [-0.05, 0) is 64.0 Å². The number of hydrogen-bond donors (Lipinski definition) is 1. The Kier molecular flexibility index (Phi) is 4.37. The SMILES string of the molecule is CC(C)(C)OC(=O)NCCC1CCCc2c1ccc1c2OCO1. The first-order chi connectivity index (χ1) is 10.9. The van der Waals surface area contributed by atoms with E-state index in [2.05, 4.69) is 11.4 Å². The molecule has 0 radical (unpaired) electrons. The second-order valence-corrected chi connectivity index (χ2v) is 7.17. The number of amides is 1. The Bertz CT molecular complexity index is 591. The molecule has 1 unspecified atom stereocenters. The predicted molar refractivity (Wildman–Crippen MR) is 87.1 cm³/mol.